The summed E-state index contributed by atoms with van der Waals surface area (Å²) in [5.41, 5.74) is 1.88. The van der Waals surface area contributed by atoms with E-state index in [1.807, 2.05) is 19.9 Å². The molecule has 1 heterocycles. The van der Waals surface area contributed by atoms with Gasteiger partial charge in [0.15, 0.2) is 0 Å². The first kappa shape index (κ1) is 15.7. The fourth-order valence-corrected chi connectivity index (χ4v) is 3.10. The van der Waals surface area contributed by atoms with E-state index >= 15 is 0 Å². The molecule has 1 atom stereocenters. The van der Waals surface area contributed by atoms with E-state index < -0.39 is 0 Å². The van der Waals surface area contributed by atoms with Crippen LogP contribution in [0.15, 0.2) is 30.3 Å². The van der Waals surface area contributed by atoms with Crippen molar-refractivity contribution in [2.75, 3.05) is 6.61 Å². The van der Waals surface area contributed by atoms with Crippen LogP contribution in [-0.2, 0) is 0 Å². The molecule has 0 aliphatic rings. The first-order chi connectivity index (χ1) is 10.0. The Morgan fingerprint density at radius 3 is 2.62 bits per heavy atom. The largest absolute Gasteiger partial charge is 0.394 e. The molecule has 0 radical (unpaired) electrons. The van der Waals surface area contributed by atoms with E-state index in [1.54, 1.807) is 12.1 Å². The Morgan fingerprint density at radius 2 is 2.05 bits per heavy atom. The van der Waals surface area contributed by atoms with E-state index in [1.165, 1.54) is 23.5 Å². The molecule has 5 heteroatoms. The van der Waals surface area contributed by atoms with E-state index in [0.717, 1.165) is 16.0 Å². The Bertz CT molecular complexity index is 618. The fraction of sp³-hybridized carbons (Fsp3) is 0.312. The minimum absolute atomic E-state index is 0.0720. The molecule has 2 rings (SSSR count). The molecule has 2 N–H and O–H groups in total. The van der Waals surface area contributed by atoms with Crippen LogP contribution in [0.4, 0.5) is 4.39 Å². The minimum atomic E-state index is -0.278. The lowest BCUT2D eigenvalue weighted by atomic mass is 10.1. The van der Waals surface area contributed by atoms with Crippen molar-refractivity contribution in [2.24, 2.45) is 0 Å². The smallest absolute Gasteiger partial charge is 0.261 e. The van der Waals surface area contributed by atoms with Crippen molar-refractivity contribution in [3.8, 4) is 10.4 Å². The molecule has 1 amide bonds. The van der Waals surface area contributed by atoms with Gasteiger partial charge in [0.1, 0.15) is 5.82 Å². The molecule has 0 aliphatic carbocycles. The third-order valence-corrected chi connectivity index (χ3v) is 4.58. The van der Waals surface area contributed by atoms with Gasteiger partial charge in [-0.05, 0) is 42.7 Å². The van der Waals surface area contributed by atoms with Crippen molar-refractivity contribution in [3.63, 3.8) is 0 Å². The van der Waals surface area contributed by atoms with Crippen molar-refractivity contribution >= 4 is 17.2 Å². The summed E-state index contributed by atoms with van der Waals surface area (Å²) < 4.78 is 13.0. The standard InChI is InChI=1S/C16H18FNO2S/c1-3-13(9-19)18-16(20)14-8-10(2)15(21-14)11-4-6-12(17)7-5-11/h4-8,13,19H,3,9H2,1-2H3,(H,18,20). The molecule has 0 fully saturated rings. The van der Waals surface area contributed by atoms with Gasteiger partial charge in [-0.3, -0.25) is 4.79 Å². The normalized spacial score (nSPS) is 12.2. The van der Waals surface area contributed by atoms with Crippen molar-refractivity contribution in [1.82, 2.24) is 5.32 Å². The SMILES string of the molecule is CCC(CO)NC(=O)c1cc(C)c(-c2ccc(F)cc2)s1. The molecule has 0 saturated carbocycles. The maximum atomic E-state index is 13.0. The Hall–Kier alpha value is -1.72. The average Bonchev–Trinajstić information content (AvgIpc) is 2.87. The van der Waals surface area contributed by atoms with Crippen LogP contribution in [0.3, 0.4) is 0 Å². The first-order valence-electron chi connectivity index (χ1n) is 6.83. The number of amides is 1. The zero-order chi connectivity index (χ0) is 15.4. The van der Waals surface area contributed by atoms with E-state index in [-0.39, 0.29) is 24.4 Å². The summed E-state index contributed by atoms with van der Waals surface area (Å²) in [5, 5.41) is 11.9. The number of aliphatic hydroxyl groups excluding tert-OH is 1. The Kier molecular flexibility index (Phi) is 5.09. The quantitative estimate of drug-likeness (QED) is 0.890. The number of benzene rings is 1. The molecule has 0 aliphatic heterocycles. The van der Waals surface area contributed by atoms with Crippen LogP contribution in [0.1, 0.15) is 28.6 Å². The Labute approximate surface area is 127 Å². The third-order valence-electron chi connectivity index (χ3n) is 3.30. The second-order valence-electron chi connectivity index (χ2n) is 4.89. The number of aryl methyl sites for hydroxylation is 1. The number of carbonyl (C=O) groups is 1. The van der Waals surface area contributed by atoms with E-state index in [0.29, 0.717) is 11.3 Å². The van der Waals surface area contributed by atoms with E-state index in [2.05, 4.69) is 5.32 Å². The summed E-state index contributed by atoms with van der Waals surface area (Å²) in [6.45, 7) is 3.76. The van der Waals surface area contributed by atoms with Crippen LogP contribution in [0.25, 0.3) is 10.4 Å². The molecular formula is C16H18FNO2S. The van der Waals surface area contributed by atoms with Gasteiger partial charge in [0.05, 0.1) is 17.5 Å². The number of aliphatic hydroxyl groups is 1. The van der Waals surface area contributed by atoms with Crippen LogP contribution in [0.5, 0.6) is 0 Å². The van der Waals surface area contributed by atoms with Gasteiger partial charge in [0, 0.05) is 4.88 Å². The van der Waals surface area contributed by atoms with Crippen LogP contribution in [-0.4, -0.2) is 23.7 Å². The van der Waals surface area contributed by atoms with Crippen molar-refractivity contribution in [1.29, 1.82) is 0 Å². The maximum absolute atomic E-state index is 13.0. The molecule has 1 unspecified atom stereocenters. The highest BCUT2D eigenvalue weighted by Crippen LogP contribution is 2.32. The number of halogens is 1. The summed E-state index contributed by atoms with van der Waals surface area (Å²) in [5.74, 6) is -0.461. The van der Waals surface area contributed by atoms with Crippen molar-refractivity contribution < 1.29 is 14.3 Å². The van der Waals surface area contributed by atoms with Gasteiger partial charge in [0.25, 0.3) is 5.91 Å². The topological polar surface area (TPSA) is 49.3 Å². The van der Waals surface area contributed by atoms with Gasteiger partial charge < -0.3 is 10.4 Å². The van der Waals surface area contributed by atoms with Gasteiger partial charge in [-0.1, -0.05) is 19.1 Å². The predicted molar refractivity (Wildman–Crippen MR) is 83.1 cm³/mol. The van der Waals surface area contributed by atoms with Crippen molar-refractivity contribution in [2.45, 2.75) is 26.3 Å². The fourth-order valence-electron chi connectivity index (χ4n) is 2.02. The first-order valence-corrected chi connectivity index (χ1v) is 7.65. The van der Waals surface area contributed by atoms with Gasteiger partial charge in [-0.15, -0.1) is 11.3 Å². The molecule has 0 bridgehead atoms. The lowest BCUT2D eigenvalue weighted by molar-refractivity contribution is 0.0919. The number of hydrogen-bond acceptors (Lipinski definition) is 3. The number of rotatable bonds is 5. The number of hydrogen-bond donors (Lipinski definition) is 2. The number of carbonyl (C=O) groups excluding carboxylic acids is 1. The summed E-state index contributed by atoms with van der Waals surface area (Å²) in [6, 6.07) is 7.83. The predicted octanol–water partition coefficient (Wildman–Crippen LogP) is 3.36. The molecule has 2 aromatic rings. The van der Waals surface area contributed by atoms with Gasteiger partial charge in [-0.2, -0.15) is 0 Å². The Balaban J connectivity index is 2.22. The average molecular weight is 307 g/mol. The molecule has 3 nitrogen and oxygen atoms in total. The highest BCUT2D eigenvalue weighted by molar-refractivity contribution is 7.17. The highest BCUT2D eigenvalue weighted by Gasteiger charge is 2.16. The molecular weight excluding hydrogens is 289 g/mol. The highest BCUT2D eigenvalue weighted by atomic mass is 32.1. The lowest BCUT2D eigenvalue weighted by Crippen LogP contribution is -2.36. The van der Waals surface area contributed by atoms with Crippen LogP contribution in [0.2, 0.25) is 0 Å². The van der Waals surface area contributed by atoms with Crippen LogP contribution >= 0.6 is 11.3 Å². The van der Waals surface area contributed by atoms with Crippen LogP contribution < -0.4 is 5.32 Å². The molecule has 1 aromatic heterocycles. The molecule has 21 heavy (non-hydrogen) atoms. The lowest BCUT2D eigenvalue weighted by Gasteiger charge is -2.12. The Morgan fingerprint density at radius 1 is 1.38 bits per heavy atom. The summed E-state index contributed by atoms with van der Waals surface area (Å²) >= 11 is 1.37. The van der Waals surface area contributed by atoms with Crippen LogP contribution in [0, 0.1) is 12.7 Å². The molecule has 0 saturated heterocycles. The summed E-state index contributed by atoms with van der Waals surface area (Å²) in [4.78, 5) is 13.7. The molecule has 0 spiro atoms. The summed E-state index contributed by atoms with van der Waals surface area (Å²) in [6.07, 6.45) is 0.678. The maximum Gasteiger partial charge on any atom is 0.261 e. The molecule has 1 aromatic carbocycles. The second kappa shape index (κ2) is 6.83. The van der Waals surface area contributed by atoms with E-state index in [9.17, 15) is 9.18 Å². The number of nitrogens with one attached hydrogen (secondary N) is 1. The van der Waals surface area contributed by atoms with Gasteiger partial charge in [0.2, 0.25) is 0 Å². The third kappa shape index (κ3) is 3.68. The van der Waals surface area contributed by atoms with E-state index in [4.69, 9.17) is 5.11 Å². The minimum Gasteiger partial charge on any atom is -0.394 e. The zero-order valence-electron chi connectivity index (χ0n) is 12.0. The molecule has 112 valence electrons. The summed E-state index contributed by atoms with van der Waals surface area (Å²) in [7, 11) is 0. The van der Waals surface area contributed by atoms with Gasteiger partial charge >= 0.3 is 0 Å². The monoisotopic (exact) mass is 307 g/mol. The van der Waals surface area contributed by atoms with Crippen molar-refractivity contribution in [3.05, 3.63) is 46.6 Å². The zero-order valence-corrected chi connectivity index (χ0v) is 12.8. The van der Waals surface area contributed by atoms with Gasteiger partial charge in [-0.25, -0.2) is 4.39 Å². The second-order valence-corrected chi connectivity index (χ2v) is 5.94. The number of thiophene rings is 1.